The molecule has 0 unspecified atom stereocenters. The molecule has 140 valence electrons. The number of methoxy groups -OCH3 is 2. The first kappa shape index (κ1) is 19.7. The van der Waals surface area contributed by atoms with Gasteiger partial charge in [-0.05, 0) is 31.5 Å². The first-order chi connectivity index (χ1) is 12.5. The average Bonchev–Trinajstić information content (AvgIpc) is 3.05. The van der Waals surface area contributed by atoms with E-state index < -0.39 is 0 Å². The number of hydrogen-bond donors (Lipinski definition) is 2. The lowest BCUT2D eigenvalue weighted by Crippen LogP contribution is -2.37. The number of benzene rings is 1. The van der Waals surface area contributed by atoms with E-state index in [0.29, 0.717) is 33.6 Å². The highest BCUT2D eigenvalue weighted by Gasteiger charge is 2.18. The second-order valence-corrected chi connectivity index (χ2v) is 6.54. The lowest BCUT2D eigenvalue weighted by Gasteiger charge is -2.08. The lowest BCUT2D eigenvalue weighted by molar-refractivity contribution is -0.120. The fraction of sp³-hybridized carbons (Fsp3) is 0.389. The summed E-state index contributed by atoms with van der Waals surface area (Å²) >= 11 is 1.27. The molecular formula is C18H23N3O4S. The third-order valence-corrected chi connectivity index (χ3v) is 4.82. The molecule has 0 saturated carbocycles. The molecule has 2 N–H and O–H groups in total. The Morgan fingerprint density at radius 2 is 1.88 bits per heavy atom. The first-order valence-corrected chi connectivity index (χ1v) is 9.06. The molecular weight excluding hydrogens is 354 g/mol. The summed E-state index contributed by atoms with van der Waals surface area (Å²) in [6.07, 6.45) is 0.850. The number of rotatable bonds is 8. The maximum absolute atomic E-state index is 12.3. The molecule has 1 aromatic heterocycles. The van der Waals surface area contributed by atoms with Crippen LogP contribution in [-0.4, -0.2) is 44.1 Å². The van der Waals surface area contributed by atoms with Crippen LogP contribution < -0.4 is 20.1 Å². The van der Waals surface area contributed by atoms with Crippen LogP contribution in [0.5, 0.6) is 11.5 Å². The van der Waals surface area contributed by atoms with E-state index in [2.05, 4.69) is 15.6 Å². The molecule has 0 aliphatic carbocycles. The third kappa shape index (κ3) is 4.72. The highest BCUT2D eigenvalue weighted by Crippen LogP contribution is 2.34. The number of ether oxygens (including phenoxy) is 2. The van der Waals surface area contributed by atoms with Gasteiger partial charge in [-0.3, -0.25) is 9.59 Å². The molecule has 0 spiro atoms. The Morgan fingerprint density at radius 3 is 2.54 bits per heavy atom. The second kappa shape index (κ2) is 9.19. The second-order valence-electron chi connectivity index (χ2n) is 5.54. The van der Waals surface area contributed by atoms with Crippen LogP contribution >= 0.6 is 11.3 Å². The lowest BCUT2D eigenvalue weighted by atomic mass is 10.2. The minimum atomic E-state index is -0.307. The molecule has 2 aromatic rings. The number of hydrogen-bond acceptors (Lipinski definition) is 6. The summed E-state index contributed by atoms with van der Waals surface area (Å²) in [6.45, 7) is 4.28. The Labute approximate surface area is 156 Å². The van der Waals surface area contributed by atoms with Gasteiger partial charge in [0.15, 0.2) is 11.5 Å². The summed E-state index contributed by atoms with van der Waals surface area (Å²) in [6, 6.07) is 5.47. The summed E-state index contributed by atoms with van der Waals surface area (Å²) in [7, 11) is 3.14. The van der Waals surface area contributed by atoms with E-state index in [9.17, 15) is 9.59 Å². The number of amides is 2. The smallest absolute Gasteiger partial charge is 0.263 e. The fourth-order valence-corrected chi connectivity index (χ4v) is 3.25. The van der Waals surface area contributed by atoms with Crippen molar-refractivity contribution in [2.45, 2.75) is 20.3 Å². The van der Waals surface area contributed by atoms with Crippen molar-refractivity contribution in [2.75, 3.05) is 27.3 Å². The Morgan fingerprint density at radius 1 is 1.15 bits per heavy atom. The van der Waals surface area contributed by atoms with Gasteiger partial charge in [0.1, 0.15) is 9.88 Å². The highest BCUT2D eigenvalue weighted by atomic mass is 32.1. The number of nitrogens with one attached hydrogen (secondary N) is 2. The van der Waals surface area contributed by atoms with Crippen LogP contribution in [0.1, 0.15) is 28.7 Å². The minimum Gasteiger partial charge on any atom is -0.493 e. The molecule has 0 atom stereocenters. The monoisotopic (exact) mass is 377 g/mol. The zero-order chi connectivity index (χ0) is 19.1. The molecule has 0 saturated heterocycles. The van der Waals surface area contributed by atoms with Crippen LogP contribution in [0, 0.1) is 6.92 Å². The van der Waals surface area contributed by atoms with Crippen LogP contribution in [0.3, 0.4) is 0 Å². The molecule has 8 heteroatoms. The first-order valence-electron chi connectivity index (χ1n) is 8.24. The van der Waals surface area contributed by atoms with Gasteiger partial charge in [0, 0.05) is 12.1 Å². The fourth-order valence-electron chi connectivity index (χ4n) is 2.27. The summed E-state index contributed by atoms with van der Waals surface area (Å²) in [5, 5.41) is 6.04. The van der Waals surface area contributed by atoms with Crippen molar-refractivity contribution >= 4 is 23.2 Å². The molecule has 2 rings (SSSR count). The Balaban J connectivity index is 2.13. The number of carbonyl (C=O) groups is 2. The number of thiazole rings is 1. The molecule has 0 aliphatic rings. The molecule has 0 fully saturated rings. The molecule has 2 amide bonds. The molecule has 0 bridgehead atoms. The van der Waals surface area contributed by atoms with E-state index in [4.69, 9.17) is 9.47 Å². The van der Waals surface area contributed by atoms with Crippen LogP contribution in [0.15, 0.2) is 18.2 Å². The quantitative estimate of drug-likeness (QED) is 0.737. The summed E-state index contributed by atoms with van der Waals surface area (Å²) < 4.78 is 10.5. The van der Waals surface area contributed by atoms with Gasteiger partial charge in [0.2, 0.25) is 5.91 Å². The van der Waals surface area contributed by atoms with Crippen molar-refractivity contribution in [3.8, 4) is 22.1 Å². The summed E-state index contributed by atoms with van der Waals surface area (Å²) in [5.74, 6) is 0.706. The van der Waals surface area contributed by atoms with Gasteiger partial charge in [-0.15, -0.1) is 11.3 Å². The van der Waals surface area contributed by atoms with Crippen LogP contribution in [-0.2, 0) is 4.79 Å². The molecule has 0 aliphatic heterocycles. The van der Waals surface area contributed by atoms with Gasteiger partial charge in [0.25, 0.3) is 5.91 Å². The molecule has 0 radical (unpaired) electrons. The SMILES string of the molecule is CCCNC(=O)CNC(=O)c1sc(-c2ccc(OC)c(OC)c2)nc1C. The number of carbonyl (C=O) groups excluding carboxylic acids is 2. The Hall–Kier alpha value is -2.61. The topological polar surface area (TPSA) is 89.6 Å². The molecule has 26 heavy (non-hydrogen) atoms. The van der Waals surface area contributed by atoms with E-state index in [-0.39, 0.29) is 18.4 Å². The van der Waals surface area contributed by atoms with Crippen LogP contribution in [0.25, 0.3) is 10.6 Å². The van der Waals surface area contributed by atoms with Gasteiger partial charge in [0.05, 0.1) is 26.5 Å². The Bertz CT molecular complexity index is 789. The predicted octanol–water partition coefficient (Wildman–Crippen LogP) is 2.39. The van der Waals surface area contributed by atoms with E-state index in [1.54, 1.807) is 27.2 Å². The van der Waals surface area contributed by atoms with Gasteiger partial charge in [-0.25, -0.2) is 4.98 Å². The van der Waals surface area contributed by atoms with E-state index in [1.807, 2.05) is 19.1 Å². The van der Waals surface area contributed by atoms with Gasteiger partial charge >= 0.3 is 0 Å². The summed E-state index contributed by atoms with van der Waals surface area (Å²) in [5.41, 5.74) is 1.45. The van der Waals surface area contributed by atoms with E-state index in [0.717, 1.165) is 12.0 Å². The van der Waals surface area contributed by atoms with Crippen molar-refractivity contribution in [1.29, 1.82) is 0 Å². The van der Waals surface area contributed by atoms with Gasteiger partial charge in [-0.2, -0.15) is 0 Å². The van der Waals surface area contributed by atoms with Crippen molar-refractivity contribution in [3.63, 3.8) is 0 Å². The van der Waals surface area contributed by atoms with Crippen molar-refractivity contribution in [3.05, 3.63) is 28.8 Å². The van der Waals surface area contributed by atoms with Crippen LogP contribution in [0.4, 0.5) is 0 Å². The van der Waals surface area contributed by atoms with Crippen molar-refractivity contribution < 1.29 is 19.1 Å². The van der Waals surface area contributed by atoms with Gasteiger partial charge in [-0.1, -0.05) is 6.92 Å². The largest absolute Gasteiger partial charge is 0.493 e. The van der Waals surface area contributed by atoms with Crippen molar-refractivity contribution in [2.24, 2.45) is 0 Å². The van der Waals surface area contributed by atoms with Crippen molar-refractivity contribution in [1.82, 2.24) is 15.6 Å². The van der Waals surface area contributed by atoms with E-state index >= 15 is 0 Å². The standard InChI is InChI=1S/C18H23N3O4S/c1-5-8-19-15(22)10-20-17(23)16-11(2)21-18(26-16)12-6-7-13(24-3)14(9-12)25-4/h6-7,9H,5,8,10H2,1-4H3,(H,19,22)(H,20,23). The highest BCUT2D eigenvalue weighted by molar-refractivity contribution is 7.17. The molecule has 7 nitrogen and oxygen atoms in total. The third-order valence-electron chi connectivity index (χ3n) is 3.61. The van der Waals surface area contributed by atoms with E-state index in [1.165, 1.54) is 11.3 Å². The number of aromatic nitrogens is 1. The maximum Gasteiger partial charge on any atom is 0.263 e. The van der Waals surface area contributed by atoms with Crippen LogP contribution in [0.2, 0.25) is 0 Å². The number of nitrogens with zero attached hydrogens (tertiary/aromatic N) is 1. The maximum atomic E-state index is 12.3. The van der Waals surface area contributed by atoms with Gasteiger partial charge < -0.3 is 20.1 Å². The Kier molecular flexibility index (Phi) is 6.97. The minimum absolute atomic E-state index is 0.0537. The molecule has 1 aromatic carbocycles. The molecule has 1 heterocycles. The normalized spacial score (nSPS) is 10.3. The predicted molar refractivity (Wildman–Crippen MR) is 101 cm³/mol. The zero-order valence-corrected chi connectivity index (χ0v) is 16.2. The number of aryl methyl sites for hydroxylation is 1. The zero-order valence-electron chi connectivity index (χ0n) is 15.3. The summed E-state index contributed by atoms with van der Waals surface area (Å²) in [4.78, 5) is 28.9. The average molecular weight is 377 g/mol.